The molecular formula is C18H23N3O2. The molecule has 2 aromatic rings. The number of amides is 1. The molecule has 23 heavy (non-hydrogen) atoms. The third-order valence-corrected chi connectivity index (χ3v) is 4.37. The molecule has 0 bridgehead atoms. The highest BCUT2D eigenvalue weighted by molar-refractivity contribution is 5.79. The summed E-state index contributed by atoms with van der Waals surface area (Å²) in [6.07, 6.45) is 2.45. The Kier molecular flexibility index (Phi) is 4.76. The summed E-state index contributed by atoms with van der Waals surface area (Å²) in [6.45, 7) is 3.56. The van der Waals surface area contributed by atoms with Crippen molar-refractivity contribution in [1.29, 1.82) is 0 Å². The number of likely N-dealkylation sites (tertiary alicyclic amines) is 1. The highest BCUT2D eigenvalue weighted by Crippen LogP contribution is 2.23. The summed E-state index contributed by atoms with van der Waals surface area (Å²) in [6, 6.07) is 10.1. The van der Waals surface area contributed by atoms with Crippen LogP contribution in [0, 0.1) is 6.92 Å². The van der Waals surface area contributed by atoms with Crippen LogP contribution in [-0.2, 0) is 11.2 Å². The lowest BCUT2D eigenvalue weighted by molar-refractivity contribution is -0.131. The topological polar surface area (TPSA) is 58.4 Å². The number of carbonyl (C=O) groups excluding carboxylic acids is 1. The van der Waals surface area contributed by atoms with Crippen molar-refractivity contribution in [1.82, 2.24) is 15.2 Å². The summed E-state index contributed by atoms with van der Waals surface area (Å²) < 4.78 is 5.74. The van der Waals surface area contributed by atoms with Gasteiger partial charge in [0.25, 0.3) is 0 Å². The predicted octanol–water partition coefficient (Wildman–Crippen LogP) is 2.40. The van der Waals surface area contributed by atoms with Gasteiger partial charge in [-0.3, -0.25) is 4.79 Å². The van der Waals surface area contributed by atoms with Crippen LogP contribution in [0.4, 0.5) is 0 Å². The highest BCUT2D eigenvalue weighted by Gasteiger charge is 2.29. The maximum absolute atomic E-state index is 12.6. The van der Waals surface area contributed by atoms with Gasteiger partial charge in [-0.05, 0) is 38.9 Å². The summed E-state index contributed by atoms with van der Waals surface area (Å²) in [5.41, 5.74) is 1.67. The number of oxazole rings is 1. The molecule has 1 atom stereocenters. The van der Waals surface area contributed by atoms with Crippen LogP contribution in [0.3, 0.4) is 0 Å². The van der Waals surface area contributed by atoms with Crippen LogP contribution in [0.15, 0.2) is 34.7 Å². The first-order chi connectivity index (χ1) is 11.2. The molecule has 1 aromatic carbocycles. The zero-order chi connectivity index (χ0) is 16.2. The number of likely N-dealkylation sites (N-methyl/N-ethyl adjacent to an activating group) is 1. The first-order valence-electron chi connectivity index (χ1n) is 8.15. The largest absolute Gasteiger partial charge is 0.441 e. The lowest BCUT2D eigenvalue weighted by atomic mass is 10.2. The molecule has 0 saturated carbocycles. The molecule has 5 nitrogen and oxygen atoms in total. The molecule has 1 saturated heterocycles. The van der Waals surface area contributed by atoms with E-state index in [-0.39, 0.29) is 5.91 Å². The van der Waals surface area contributed by atoms with Crippen molar-refractivity contribution in [2.45, 2.75) is 32.2 Å². The van der Waals surface area contributed by atoms with Gasteiger partial charge < -0.3 is 14.6 Å². The number of rotatable bonds is 5. The fourth-order valence-corrected chi connectivity index (χ4v) is 3.15. The predicted molar refractivity (Wildman–Crippen MR) is 89.0 cm³/mol. The maximum Gasteiger partial charge on any atom is 0.229 e. The van der Waals surface area contributed by atoms with Crippen molar-refractivity contribution in [2.75, 3.05) is 20.1 Å². The van der Waals surface area contributed by atoms with Crippen LogP contribution >= 0.6 is 0 Å². The summed E-state index contributed by atoms with van der Waals surface area (Å²) in [7, 11) is 1.93. The molecule has 5 heteroatoms. The van der Waals surface area contributed by atoms with Crippen LogP contribution in [0.5, 0.6) is 0 Å². The van der Waals surface area contributed by atoms with Gasteiger partial charge in [0.05, 0.1) is 12.1 Å². The Bertz CT molecular complexity index is 666. The SMILES string of the molecule is CNCC1CCCN1C(=O)Cc1nc(-c2ccccc2)oc1C. The van der Waals surface area contributed by atoms with Gasteiger partial charge in [0.15, 0.2) is 0 Å². The Morgan fingerprint density at radius 1 is 1.39 bits per heavy atom. The second-order valence-electron chi connectivity index (χ2n) is 6.01. The average Bonchev–Trinajstić information content (AvgIpc) is 3.16. The lowest BCUT2D eigenvalue weighted by Gasteiger charge is -2.24. The van der Waals surface area contributed by atoms with Crippen LogP contribution < -0.4 is 5.32 Å². The van der Waals surface area contributed by atoms with Crippen molar-refractivity contribution in [3.05, 3.63) is 41.8 Å². The van der Waals surface area contributed by atoms with E-state index in [0.29, 0.717) is 18.4 Å². The maximum atomic E-state index is 12.6. The Morgan fingerprint density at radius 2 is 2.17 bits per heavy atom. The van der Waals surface area contributed by atoms with Gasteiger partial charge in [-0.2, -0.15) is 0 Å². The molecule has 2 heterocycles. The zero-order valence-corrected chi connectivity index (χ0v) is 13.7. The molecule has 122 valence electrons. The normalized spacial score (nSPS) is 17.7. The fourth-order valence-electron chi connectivity index (χ4n) is 3.15. The molecule has 0 spiro atoms. The Hall–Kier alpha value is -2.14. The van der Waals surface area contributed by atoms with Crippen LogP contribution in [0.1, 0.15) is 24.3 Å². The number of aromatic nitrogens is 1. The number of nitrogens with zero attached hydrogens (tertiary/aromatic N) is 2. The fraction of sp³-hybridized carbons (Fsp3) is 0.444. The summed E-state index contributed by atoms with van der Waals surface area (Å²) in [4.78, 5) is 19.1. The van der Waals surface area contributed by atoms with Crippen molar-refractivity contribution < 1.29 is 9.21 Å². The van der Waals surface area contributed by atoms with E-state index in [0.717, 1.165) is 42.9 Å². The molecule has 1 aromatic heterocycles. The molecule has 1 aliphatic rings. The second kappa shape index (κ2) is 6.96. The lowest BCUT2D eigenvalue weighted by Crippen LogP contribution is -2.41. The Morgan fingerprint density at radius 3 is 2.91 bits per heavy atom. The van der Waals surface area contributed by atoms with Gasteiger partial charge in [-0.1, -0.05) is 18.2 Å². The van der Waals surface area contributed by atoms with Gasteiger partial charge in [0, 0.05) is 24.7 Å². The number of benzene rings is 1. The minimum Gasteiger partial charge on any atom is -0.441 e. The molecule has 0 radical (unpaired) electrons. The molecule has 3 rings (SSSR count). The van der Waals surface area contributed by atoms with E-state index in [2.05, 4.69) is 10.3 Å². The van der Waals surface area contributed by atoms with Crippen molar-refractivity contribution in [2.24, 2.45) is 0 Å². The summed E-state index contributed by atoms with van der Waals surface area (Å²) in [5, 5.41) is 3.17. The average molecular weight is 313 g/mol. The van der Waals surface area contributed by atoms with E-state index in [1.54, 1.807) is 0 Å². The van der Waals surface area contributed by atoms with E-state index < -0.39 is 0 Å². The number of aryl methyl sites for hydroxylation is 1. The van der Waals surface area contributed by atoms with E-state index >= 15 is 0 Å². The molecule has 1 fully saturated rings. The smallest absolute Gasteiger partial charge is 0.229 e. The van der Waals surface area contributed by atoms with E-state index in [4.69, 9.17) is 4.42 Å². The molecular weight excluding hydrogens is 290 g/mol. The molecule has 1 amide bonds. The monoisotopic (exact) mass is 313 g/mol. The molecule has 1 unspecified atom stereocenters. The zero-order valence-electron chi connectivity index (χ0n) is 13.7. The van der Waals surface area contributed by atoms with Crippen LogP contribution in [0.25, 0.3) is 11.5 Å². The molecule has 1 N–H and O–H groups in total. The van der Waals surface area contributed by atoms with E-state index in [1.165, 1.54) is 0 Å². The van der Waals surface area contributed by atoms with Gasteiger partial charge in [0.2, 0.25) is 11.8 Å². The summed E-state index contributed by atoms with van der Waals surface area (Å²) in [5.74, 6) is 1.44. The van der Waals surface area contributed by atoms with Gasteiger partial charge in [0.1, 0.15) is 5.76 Å². The Balaban J connectivity index is 1.73. The van der Waals surface area contributed by atoms with Crippen molar-refractivity contribution >= 4 is 5.91 Å². The van der Waals surface area contributed by atoms with Gasteiger partial charge in [-0.15, -0.1) is 0 Å². The quantitative estimate of drug-likeness (QED) is 0.921. The second-order valence-corrected chi connectivity index (χ2v) is 6.01. The highest BCUT2D eigenvalue weighted by atomic mass is 16.4. The number of hydrogen-bond acceptors (Lipinski definition) is 4. The number of carbonyl (C=O) groups is 1. The third kappa shape index (κ3) is 3.45. The number of hydrogen-bond donors (Lipinski definition) is 1. The van der Waals surface area contributed by atoms with Crippen LogP contribution in [-0.4, -0.2) is 42.0 Å². The first kappa shape index (κ1) is 15.7. The van der Waals surface area contributed by atoms with E-state index in [1.807, 2.05) is 49.2 Å². The van der Waals surface area contributed by atoms with Crippen molar-refractivity contribution in [3.63, 3.8) is 0 Å². The minimum atomic E-state index is 0.138. The van der Waals surface area contributed by atoms with Gasteiger partial charge in [-0.25, -0.2) is 4.98 Å². The molecule has 0 aliphatic carbocycles. The summed E-state index contributed by atoms with van der Waals surface area (Å²) >= 11 is 0. The molecule has 1 aliphatic heterocycles. The standard InChI is InChI=1S/C18H23N3O2/c1-13-16(20-18(23-13)14-7-4-3-5-8-14)11-17(22)21-10-6-9-15(21)12-19-2/h3-5,7-8,15,19H,6,9-12H2,1-2H3. The van der Waals surface area contributed by atoms with Crippen LogP contribution in [0.2, 0.25) is 0 Å². The third-order valence-electron chi connectivity index (χ3n) is 4.37. The first-order valence-corrected chi connectivity index (χ1v) is 8.15. The van der Waals surface area contributed by atoms with E-state index in [9.17, 15) is 4.79 Å². The Labute approximate surface area is 136 Å². The van der Waals surface area contributed by atoms with Crippen molar-refractivity contribution in [3.8, 4) is 11.5 Å². The number of nitrogens with one attached hydrogen (secondary N) is 1. The van der Waals surface area contributed by atoms with Gasteiger partial charge >= 0.3 is 0 Å². The minimum absolute atomic E-state index is 0.138.